The fourth-order valence-corrected chi connectivity index (χ4v) is 4.72. The van der Waals surface area contributed by atoms with Crippen molar-refractivity contribution in [2.75, 3.05) is 18.5 Å². The average molecular weight is 557 g/mol. The van der Waals surface area contributed by atoms with Gasteiger partial charge in [0.1, 0.15) is 0 Å². The van der Waals surface area contributed by atoms with Gasteiger partial charge in [-0.1, -0.05) is 53.5 Å². The third-order valence-corrected chi connectivity index (χ3v) is 6.70. The molecule has 3 aromatic rings. The number of nitrogens with one attached hydrogen (secondary N) is 1. The Morgan fingerprint density at radius 1 is 1.00 bits per heavy atom. The summed E-state index contributed by atoms with van der Waals surface area (Å²) in [6.07, 6.45) is 1.62. The third-order valence-electron chi connectivity index (χ3n) is 5.19. The van der Waals surface area contributed by atoms with Crippen molar-refractivity contribution in [2.24, 2.45) is 0 Å². The Morgan fingerprint density at radius 3 is 2.57 bits per heavy atom. The van der Waals surface area contributed by atoms with E-state index in [1.807, 2.05) is 6.92 Å². The van der Waals surface area contributed by atoms with Crippen LogP contribution in [0.4, 0.5) is 10.5 Å². The highest BCUT2D eigenvalue weighted by Crippen LogP contribution is 2.36. The molecular formula is C27H22Cl2N2O5S. The molecular weight excluding hydrogens is 535 g/mol. The minimum atomic E-state index is -0.397. The Labute approximate surface area is 228 Å². The molecule has 10 heteroatoms. The Morgan fingerprint density at radius 2 is 1.81 bits per heavy atom. The van der Waals surface area contributed by atoms with Gasteiger partial charge >= 0.3 is 0 Å². The van der Waals surface area contributed by atoms with Gasteiger partial charge in [-0.2, -0.15) is 0 Å². The normalized spacial score (nSPS) is 14.2. The molecule has 0 unspecified atom stereocenters. The van der Waals surface area contributed by atoms with Gasteiger partial charge in [0.2, 0.25) is 0 Å². The molecule has 0 radical (unpaired) electrons. The summed E-state index contributed by atoms with van der Waals surface area (Å²) in [5.41, 5.74) is 1.89. The lowest BCUT2D eigenvalue weighted by Crippen LogP contribution is -2.27. The van der Waals surface area contributed by atoms with Gasteiger partial charge in [-0.05, 0) is 72.3 Å². The van der Waals surface area contributed by atoms with E-state index in [9.17, 15) is 14.4 Å². The predicted octanol–water partition coefficient (Wildman–Crippen LogP) is 6.65. The van der Waals surface area contributed by atoms with E-state index < -0.39 is 5.91 Å². The van der Waals surface area contributed by atoms with Crippen LogP contribution in [0, 0.1) is 0 Å². The fraction of sp³-hybridized carbons (Fsp3) is 0.148. The van der Waals surface area contributed by atoms with E-state index in [0.29, 0.717) is 45.0 Å². The zero-order valence-electron chi connectivity index (χ0n) is 19.7. The molecule has 1 saturated heterocycles. The summed E-state index contributed by atoms with van der Waals surface area (Å²) in [6.45, 7) is 2.04. The Bertz CT molecular complexity index is 1380. The summed E-state index contributed by atoms with van der Waals surface area (Å²) in [6, 6.07) is 18.9. The second-order valence-electron chi connectivity index (χ2n) is 7.85. The highest BCUT2D eigenvalue weighted by Gasteiger charge is 2.35. The van der Waals surface area contributed by atoms with Crippen molar-refractivity contribution in [1.29, 1.82) is 0 Å². The average Bonchev–Trinajstić information content (AvgIpc) is 3.12. The van der Waals surface area contributed by atoms with Gasteiger partial charge in [0.05, 0.1) is 18.1 Å². The third kappa shape index (κ3) is 6.85. The number of halogens is 2. The molecule has 0 spiro atoms. The molecule has 1 aliphatic rings. The lowest BCUT2D eigenvalue weighted by molar-refractivity contribution is -0.123. The first kappa shape index (κ1) is 26.6. The van der Waals surface area contributed by atoms with Crippen LogP contribution < -0.4 is 14.8 Å². The molecule has 1 heterocycles. The van der Waals surface area contributed by atoms with Crippen LogP contribution >= 0.6 is 35.0 Å². The van der Waals surface area contributed by atoms with E-state index in [1.165, 1.54) is 0 Å². The van der Waals surface area contributed by atoms with Crippen LogP contribution in [0.5, 0.6) is 11.5 Å². The summed E-state index contributed by atoms with van der Waals surface area (Å²) in [5, 5.41) is 3.34. The van der Waals surface area contributed by atoms with Crippen LogP contribution in [-0.2, 0) is 16.1 Å². The number of anilines is 1. The smallest absolute Gasteiger partial charge is 0.293 e. The van der Waals surface area contributed by atoms with Crippen molar-refractivity contribution in [3.05, 3.63) is 92.8 Å². The topological polar surface area (TPSA) is 84.9 Å². The van der Waals surface area contributed by atoms with Gasteiger partial charge < -0.3 is 14.8 Å². The number of ether oxygens (including phenoxy) is 2. The molecule has 37 heavy (non-hydrogen) atoms. The first-order valence-electron chi connectivity index (χ1n) is 11.3. The molecule has 0 aromatic heterocycles. The predicted molar refractivity (Wildman–Crippen MR) is 146 cm³/mol. The zero-order chi connectivity index (χ0) is 26.4. The quantitative estimate of drug-likeness (QED) is 0.297. The van der Waals surface area contributed by atoms with Crippen molar-refractivity contribution < 1.29 is 23.9 Å². The standard InChI is InChI=1S/C27H22Cl2N2O5S/c1-2-35-23-12-17(10-11-22(23)36-16-25(32)30-20-8-5-7-19(28)14-20)13-24-26(33)31(27(34)37-24)15-18-6-3-4-9-21(18)29/h3-14H,2,15-16H2,1H3,(H,30,32)/b24-13+. The van der Waals surface area contributed by atoms with Crippen LogP contribution in [0.1, 0.15) is 18.1 Å². The molecule has 1 fully saturated rings. The zero-order valence-corrected chi connectivity index (χ0v) is 22.0. The maximum Gasteiger partial charge on any atom is 0.293 e. The summed E-state index contributed by atoms with van der Waals surface area (Å²) in [5.74, 6) is 0.0149. The molecule has 0 saturated carbocycles. The molecule has 190 valence electrons. The number of carbonyl (C=O) groups is 3. The Hall–Kier alpha value is -3.46. The van der Waals surface area contributed by atoms with Gasteiger partial charge in [-0.25, -0.2) is 0 Å². The number of benzene rings is 3. The lowest BCUT2D eigenvalue weighted by Gasteiger charge is -2.14. The van der Waals surface area contributed by atoms with Crippen LogP contribution in [0.2, 0.25) is 10.0 Å². The monoisotopic (exact) mass is 556 g/mol. The molecule has 7 nitrogen and oxygen atoms in total. The minimum Gasteiger partial charge on any atom is -0.490 e. The number of carbonyl (C=O) groups excluding carboxylic acids is 3. The molecule has 4 rings (SSSR count). The molecule has 0 aliphatic carbocycles. The van der Waals surface area contributed by atoms with Crippen molar-refractivity contribution in [3.63, 3.8) is 0 Å². The molecule has 0 bridgehead atoms. The minimum absolute atomic E-state index is 0.0932. The van der Waals surface area contributed by atoms with Crippen LogP contribution in [-0.4, -0.2) is 35.2 Å². The van der Waals surface area contributed by atoms with Gasteiger partial charge in [0.25, 0.3) is 17.1 Å². The van der Waals surface area contributed by atoms with Gasteiger partial charge in [0, 0.05) is 15.7 Å². The number of hydrogen-bond acceptors (Lipinski definition) is 6. The van der Waals surface area contributed by atoms with E-state index in [-0.39, 0.29) is 29.2 Å². The largest absolute Gasteiger partial charge is 0.490 e. The van der Waals surface area contributed by atoms with Crippen molar-refractivity contribution in [3.8, 4) is 11.5 Å². The number of imide groups is 1. The summed E-state index contributed by atoms with van der Waals surface area (Å²) in [4.78, 5) is 39.2. The van der Waals surface area contributed by atoms with Crippen LogP contribution in [0.25, 0.3) is 6.08 Å². The maximum atomic E-state index is 12.9. The number of hydrogen-bond donors (Lipinski definition) is 1. The Kier molecular flexibility index (Phi) is 8.76. The van der Waals surface area contributed by atoms with E-state index >= 15 is 0 Å². The van der Waals surface area contributed by atoms with Crippen molar-refractivity contribution in [2.45, 2.75) is 13.5 Å². The number of thioether (sulfide) groups is 1. The SMILES string of the molecule is CCOc1cc(/C=C2/SC(=O)N(Cc3ccccc3Cl)C2=O)ccc1OCC(=O)Nc1cccc(Cl)c1. The van der Waals surface area contributed by atoms with E-state index in [0.717, 1.165) is 16.7 Å². The highest BCUT2D eigenvalue weighted by molar-refractivity contribution is 8.18. The second-order valence-corrected chi connectivity index (χ2v) is 9.68. The van der Waals surface area contributed by atoms with Crippen LogP contribution in [0.15, 0.2) is 71.6 Å². The highest BCUT2D eigenvalue weighted by atomic mass is 35.5. The number of amides is 3. The maximum absolute atomic E-state index is 12.9. The summed E-state index contributed by atoms with van der Waals surface area (Å²) < 4.78 is 11.4. The second kappa shape index (κ2) is 12.2. The van der Waals surface area contributed by atoms with E-state index in [2.05, 4.69) is 5.32 Å². The first-order valence-corrected chi connectivity index (χ1v) is 12.8. The Balaban J connectivity index is 1.45. The van der Waals surface area contributed by atoms with Crippen molar-refractivity contribution in [1.82, 2.24) is 4.90 Å². The van der Waals surface area contributed by atoms with E-state index in [1.54, 1.807) is 72.8 Å². The number of nitrogens with zero attached hydrogens (tertiary/aromatic N) is 1. The summed E-state index contributed by atoms with van der Waals surface area (Å²) >= 11 is 13.0. The molecule has 3 amide bonds. The fourth-order valence-electron chi connectivity index (χ4n) is 3.49. The van der Waals surface area contributed by atoms with E-state index in [4.69, 9.17) is 32.7 Å². The molecule has 1 aliphatic heterocycles. The first-order chi connectivity index (χ1) is 17.8. The van der Waals surface area contributed by atoms with Gasteiger partial charge in [0.15, 0.2) is 18.1 Å². The molecule has 3 aromatic carbocycles. The summed E-state index contributed by atoms with van der Waals surface area (Å²) in [7, 11) is 0. The van der Waals surface area contributed by atoms with Gasteiger partial charge in [-0.15, -0.1) is 0 Å². The van der Waals surface area contributed by atoms with Crippen LogP contribution in [0.3, 0.4) is 0 Å². The van der Waals surface area contributed by atoms with Gasteiger partial charge in [-0.3, -0.25) is 19.3 Å². The molecule has 1 N–H and O–H groups in total. The van der Waals surface area contributed by atoms with Crippen molar-refractivity contribution >= 4 is 63.8 Å². The number of rotatable bonds is 9. The lowest BCUT2D eigenvalue weighted by atomic mass is 10.1. The molecule has 0 atom stereocenters.